The Morgan fingerprint density at radius 2 is 1.72 bits per heavy atom. The van der Waals surface area contributed by atoms with Crippen molar-refractivity contribution in [3.05, 3.63) is 69.3 Å². The Hall–Kier alpha value is -2.30. The lowest BCUT2D eigenvalue weighted by molar-refractivity contribution is -0.127. The number of amides is 1. The first kappa shape index (κ1) is 16.2. The molecule has 0 aliphatic carbocycles. The van der Waals surface area contributed by atoms with E-state index in [1.54, 1.807) is 29.2 Å². The highest BCUT2D eigenvalue weighted by Crippen LogP contribution is 2.29. The van der Waals surface area contributed by atoms with Gasteiger partial charge in [-0.2, -0.15) is 0 Å². The number of benzene rings is 2. The van der Waals surface area contributed by atoms with Gasteiger partial charge in [0.05, 0.1) is 6.54 Å². The summed E-state index contributed by atoms with van der Waals surface area (Å²) in [5.74, 6) is -1.01. The van der Waals surface area contributed by atoms with E-state index in [1.807, 2.05) is 18.2 Å². The van der Waals surface area contributed by atoms with E-state index in [-0.39, 0.29) is 0 Å². The van der Waals surface area contributed by atoms with Crippen LogP contribution in [0.3, 0.4) is 0 Å². The molecule has 0 unspecified atom stereocenters. The Morgan fingerprint density at radius 1 is 1.00 bits per heavy atom. The van der Waals surface area contributed by atoms with Gasteiger partial charge in [-0.05, 0) is 54.4 Å². The lowest BCUT2D eigenvalue weighted by atomic mass is 10.0. The second-order valence-corrected chi connectivity index (χ2v) is 6.96. The fourth-order valence-corrected chi connectivity index (χ4v) is 3.55. The average Bonchev–Trinajstić information content (AvgIpc) is 2.98. The predicted octanol–water partition coefficient (Wildman–Crippen LogP) is 4.24. The van der Waals surface area contributed by atoms with Crippen molar-refractivity contribution in [3.8, 4) is 0 Å². The molecular weight excluding hydrogens is 359 g/mol. The van der Waals surface area contributed by atoms with Gasteiger partial charge in [-0.1, -0.05) is 23.2 Å². The van der Waals surface area contributed by atoms with Crippen LogP contribution in [0, 0.1) is 0 Å². The predicted molar refractivity (Wildman–Crippen MR) is 98.2 cm³/mol. The molecule has 0 radical (unpaired) electrons. The molecule has 1 aliphatic rings. The third-order valence-electron chi connectivity index (χ3n) is 4.53. The van der Waals surface area contributed by atoms with E-state index in [9.17, 15) is 9.59 Å². The van der Waals surface area contributed by atoms with E-state index in [0.717, 1.165) is 16.6 Å². The topological polar surface area (TPSA) is 53.2 Å². The van der Waals surface area contributed by atoms with Crippen LogP contribution in [0.15, 0.2) is 42.5 Å². The molecular formula is C19H14Cl2N2O2. The molecule has 0 saturated carbocycles. The Kier molecular flexibility index (Phi) is 4.02. The van der Waals surface area contributed by atoms with Gasteiger partial charge in [0.25, 0.3) is 5.91 Å². The summed E-state index contributed by atoms with van der Waals surface area (Å²) < 4.78 is 0. The molecule has 1 aliphatic heterocycles. The van der Waals surface area contributed by atoms with Crippen molar-refractivity contribution in [1.82, 2.24) is 9.88 Å². The standard InChI is InChI=1S/C19H14Cl2N2O2/c20-12-3-1-11(2-4-12)18(24)19(25)23-8-7-14-15-9-13(21)5-6-16(15)22-17(14)10-23/h1-6,9,22H,7-8,10H2. The number of Topliss-reactive ketones (excluding diaryl/α,β-unsaturated/α-hetero) is 1. The maximum atomic E-state index is 12.6. The van der Waals surface area contributed by atoms with Gasteiger partial charge >= 0.3 is 0 Å². The maximum absolute atomic E-state index is 12.6. The fourth-order valence-electron chi connectivity index (χ4n) is 3.25. The number of hydrogen-bond acceptors (Lipinski definition) is 2. The van der Waals surface area contributed by atoms with Crippen molar-refractivity contribution in [2.45, 2.75) is 13.0 Å². The number of nitrogens with one attached hydrogen (secondary N) is 1. The van der Waals surface area contributed by atoms with E-state index in [4.69, 9.17) is 23.2 Å². The molecule has 126 valence electrons. The van der Waals surface area contributed by atoms with Gasteiger partial charge in [0.15, 0.2) is 0 Å². The Morgan fingerprint density at radius 3 is 2.48 bits per heavy atom. The van der Waals surface area contributed by atoms with Gasteiger partial charge in [-0.15, -0.1) is 0 Å². The molecule has 4 rings (SSSR count). The van der Waals surface area contributed by atoms with E-state index >= 15 is 0 Å². The van der Waals surface area contributed by atoms with Crippen LogP contribution in [-0.2, 0) is 17.8 Å². The number of carbonyl (C=O) groups is 2. The lowest BCUT2D eigenvalue weighted by Gasteiger charge is -2.26. The summed E-state index contributed by atoms with van der Waals surface area (Å²) in [4.78, 5) is 29.9. The van der Waals surface area contributed by atoms with Crippen LogP contribution in [0.25, 0.3) is 10.9 Å². The van der Waals surface area contributed by atoms with Gasteiger partial charge in [0, 0.05) is 38.8 Å². The third kappa shape index (κ3) is 2.92. The number of nitrogens with zero attached hydrogens (tertiary/aromatic N) is 1. The molecule has 0 spiro atoms. The van der Waals surface area contributed by atoms with Crippen molar-refractivity contribution in [3.63, 3.8) is 0 Å². The van der Waals surface area contributed by atoms with Crippen LogP contribution >= 0.6 is 23.2 Å². The van der Waals surface area contributed by atoms with Crippen LogP contribution in [0.5, 0.6) is 0 Å². The van der Waals surface area contributed by atoms with Gasteiger partial charge in [0.1, 0.15) is 0 Å². The summed E-state index contributed by atoms with van der Waals surface area (Å²) in [7, 11) is 0. The smallest absolute Gasteiger partial charge is 0.295 e. The zero-order valence-electron chi connectivity index (χ0n) is 13.2. The van der Waals surface area contributed by atoms with Crippen LogP contribution in [0.1, 0.15) is 21.6 Å². The first-order chi connectivity index (χ1) is 12.0. The normalized spacial score (nSPS) is 13.8. The second-order valence-electron chi connectivity index (χ2n) is 6.08. The molecule has 2 aromatic carbocycles. The monoisotopic (exact) mass is 372 g/mol. The number of halogens is 2. The Labute approximate surface area is 154 Å². The highest BCUT2D eigenvalue weighted by Gasteiger charge is 2.28. The van der Waals surface area contributed by atoms with Crippen molar-refractivity contribution in [2.75, 3.05) is 6.54 Å². The fraction of sp³-hybridized carbons (Fsp3) is 0.158. The van der Waals surface area contributed by atoms with Gasteiger partial charge < -0.3 is 9.88 Å². The van der Waals surface area contributed by atoms with Gasteiger partial charge in [-0.25, -0.2) is 0 Å². The SMILES string of the molecule is O=C(C(=O)N1CCc2c([nH]c3ccc(Cl)cc23)C1)c1ccc(Cl)cc1. The Bertz CT molecular complexity index is 993. The number of rotatable bonds is 2. The summed E-state index contributed by atoms with van der Waals surface area (Å²) in [6.45, 7) is 0.893. The molecule has 0 bridgehead atoms. The third-order valence-corrected chi connectivity index (χ3v) is 5.01. The lowest BCUT2D eigenvalue weighted by Crippen LogP contribution is -2.40. The van der Waals surface area contributed by atoms with Crippen molar-refractivity contribution >= 4 is 45.8 Å². The van der Waals surface area contributed by atoms with Crippen LogP contribution < -0.4 is 0 Å². The number of aromatic amines is 1. The zero-order chi connectivity index (χ0) is 17.6. The maximum Gasteiger partial charge on any atom is 0.295 e. The number of aromatic nitrogens is 1. The molecule has 1 aromatic heterocycles. The summed E-state index contributed by atoms with van der Waals surface area (Å²) >= 11 is 11.9. The van der Waals surface area contributed by atoms with Gasteiger partial charge in [-0.3, -0.25) is 9.59 Å². The molecule has 6 heteroatoms. The van der Waals surface area contributed by atoms with Crippen LogP contribution in [0.2, 0.25) is 10.0 Å². The summed E-state index contributed by atoms with van der Waals surface area (Å²) in [5, 5.41) is 2.30. The minimum Gasteiger partial charge on any atom is -0.357 e. The first-order valence-corrected chi connectivity index (χ1v) is 8.66. The highest BCUT2D eigenvalue weighted by atomic mass is 35.5. The number of H-pyrrole nitrogens is 1. The number of fused-ring (bicyclic) bond motifs is 3. The van der Waals surface area contributed by atoms with Crippen LogP contribution in [-0.4, -0.2) is 28.1 Å². The minimum absolute atomic E-state index is 0.351. The molecule has 3 aromatic rings. The molecule has 1 N–H and O–H groups in total. The molecule has 1 amide bonds. The molecule has 25 heavy (non-hydrogen) atoms. The highest BCUT2D eigenvalue weighted by molar-refractivity contribution is 6.43. The van der Waals surface area contributed by atoms with E-state index in [1.165, 1.54) is 5.56 Å². The summed E-state index contributed by atoms with van der Waals surface area (Å²) in [6.07, 6.45) is 0.690. The summed E-state index contributed by atoms with van der Waals surface area (Å²) in [5.41, 5.74) is 3.47. The first-order valence-electron chi connectivity index (χ1n) is 7.91. The number of hydrogen-bond donors (Lipinski definition) is 1. The second kappa shape index (κ2) is 6.21. The Balaban J connectivity index is 1.59. The van der Waals surface area contributed by atoms with E-state index in [2.05, 4.69) is 4.98 Å². The molecule has 0 saturated heterocycles. The molecule has 4 nitrogen and oxygen atoms in total. The van der Waals surface area contributed by atoms with Crippen molar-refractivity contribution in [1.29, 1.82) is 0 Å². The quantitative estimate of drug-likeness (QED) is 0.540. The molecule has 0 atom stereocenters. The number of ketones is 1. The van der Waals surface area contributed by atoms with Crippen LogP contribution in [0.4, 0.5) is 0 Å². The minimum atomic E-state index is -0.515. The molecule has 0 fully saturated rings. The van der Waals surface area contributed by atoms with Crippen molar-refractivity contribution in [2.24, 2.45) is 0 Å². The largest absolute Gasteiger partial charge is 0.357 e. The average molecular weight is 373 g/mol. The van der Waals surface area contributed by atoms with E-state index in [0.29, 0.717) is 35.1 Å². The zero-order valence-corrected chi connectivity index (χ0v) is 14.7. The summed E-state index contributed by atoms with van der Waals surface area (Å²) in [6, 6.07) is 12.1. The van der Waals surface area contributed by atoms with Gasteiger partial charge in [0.2, 0.25) is 5.78 Å². The molecule has 2 heterocycles. The van der Waals surface area contributed by atoms with E-state index < -0.39 is 11.7 Å². The number of carbonyl (C=O) groups excluding carboxylic acids is 2. The van der Waals surface area contributed by atoms with Crippen molar-refractivity contribution < 1.29 is 9.59 Å².